The van der Waals surface area contributed by atoms with Crippen molar-refractivity contribution in [2.24, 2.45) is 5.22 Å². The number of phosphoric acid groups is 2. The maximum atomic E-state index is 11.3. The number of nitrogens with zero attached hydrogens (tertiary/aromatic N) is 6. The highest BCUT2D eigenvalue weighted by Crippen LogP contribution is 2.46. The first kappa shape index (κ1) is 22.6. The van der Waals surface area contributed by atoms with Gasteiger partial charge in [-0.1, -0.05) is 0 Å². The van der Waals surface area contributed by atoms with E-state index in [4.69, 9.17) is 35.6 Å². The molecule has 1 fully saturated rings. The third-order valence-corrected chi connectivity index (χ3v) is 4.89. The third-order valence-electron chi connectivity index (χ3n) is 3.89. The average Bonchev–Trinajstić information content (AvgIpc) is 3.11. The van der Waals surface area contributed by atoms with Crippen LogP contribution in [0.2, 0.25) is 0 Å². The molecule has 3 rings (SSSR count). The highest BCUT2D eigenvalue weighted by atomic mass is 31.2. The van der Waals surface area contributed by atoms with Gasteiger partial charge in [-0.25, -0.2) is 24.1 Å². The second-order valence-corrected chi connectivity index (χ2v) is 8.28. The van der Waals surface area contributed by atoms with Crippen molar-refractivity contribution in [3.63, 3.8) is 0 Å². The molecule has 0 amide bonds. The third kappa shape index (κ3) is 4.79. The predicted octanol–water partition coefficient (Wildman–Crippen LogP) is -1.40. The normalized spacial score (nSPS) is 25.0. The van der Waals surface area contributed by atoms with Crippen LogP contribution in [0.3, 0.4) is 0 Å². The first-order chi connectivity index (χ1) is 13.9. The lowest BCUT2D eigenvalue weighted by Gasteiger charge is -2.22. The van der Waals surface area contributed by atoms with Gasteiger partial charge in [0.2, 0.25) is 0 Å². The second kappa shape index (κ2) is 8.20. The van der Waals surface area contributed by atoms with Crippen LogP contribution in [0.5, 0.6) is 0 Å². The molecule has 30 heavy (non-hydrogen) atoms. The molecule has 0 radical (unpaired) electrons. The summed E-state index contributed by atoms with van der Waals surface area (Å²) >= 11 is 0. The Morgan fingerprint density at radius 2 is 2.00 bits per heavy atom. The van der Waals surface area contributed by atoms with Crippen molar-refractivity contribution in [1.29, 1.82) is 0 Å². The topological polar surface area (TPSA) is 279 Å². The number of rotatable bonds is 8. The number of nitrogen functional groups attached to an aromatic ring is 1. The van der Waals surface area contributed by atoms with E-state index in [0.717, 1.165) is 10.9 Å². The highest BCUT2D eigenvalue weighted by Gasteiger charge is 2.49. The Labute approximate surface area is 166 Å². The summed E-state index contributed by atoms with van der Waals surface area (Å²) in [7, 11) is -10.2. The van der Waals surface area contributed by atoms with Gasteiger partial charge in [-0.2, -0.15) is 0 Å². The van der Waals surface area contributed by atoms with Crippen molar-refractivity contribution in [2.75, 3.05) is 17.8 Å². The van der Waals surface area contributed by atoms with E-state index in [2.05, 4.69) is 34.6 Å². The number of fused-ring (bicyclic) bond motifs is 1. The molecular weight excluding hydrogens is 454 g/mol. The number of nitrogens with one attached hydrogen (secondary N) is 1. The molecule has 8 N–H and O–H groups in total. The minimum absolute atomic E-state index is 0.00169. The molecule has 2 aromatic heterocycles. The molecule has 20 heteroatoms. The maximum Gasteiger partial charge on any atom is 0.470 e. The van der Waals surface area contributed by atoms with Gasteiger partial charge in [0.05, 0.1) is 6.61 Å². The van der Waals surface area contributed by atoms with E-state index in [-0.39, 0.29) is 22.9 Å². The van der Waals surface area contributed by atoms with E-state index < -0.39 is 46.8 Å². The number of nitrogens with two attached hydrogens (primary N) is 1. The zero-order chi connectivity index (χ0) is 22.3. The molecule has 1 aliphatic heterocycles. The van der Waals surface area contributed by atoms with Gasteiger partial charge in [-0.05, 0) is 0 Å². The van der Waals surface area contributed by atoms with Gasteiger partial charge in [0.15, 0.2) is 23.2 Å². The zero-order valence-electron chi connectivity index (χ0n) is 14.5. The summed E-state index contributed by atoms with van der Waals surface area (Å²) in [5.41, 5.74) is 16.6. The number of hydrogen-bond donors (Lipinski definition) is 7. The molecule has 0 aromatic carbocycles. The second-order valence-electron chi connectivity index (χ2n) is 5.85. The van der Waals surface area contributed by atoms with Crippen LogP contribution >= 0.6 is 15.6 Å². The standard InChI is InChI=1S/C10H15N8O10P2/c11-7-4-8(14-2-13-7)18(10(15-4)16-17-12)9-5(19)6(28-30(23,24)25)3(27-9)1-26-29(20,21)22/h2-3,5-6,9,19H,1H2,(H7-,11,12,13,14,15,16,20,21,22,23,24,25)/q-1. The summed E-state index contributed by atoms with van der Waals surface area (Å²) in [6.45, 7) is -0.903. The summed E-state index contributed by atoms with van der Waals surface area (Å²) in [5.74, 6) is -0.355. The van der Waals surface area contributed by atoms with Crippen molar-refractivity contribution in [3.05, 3.63) is 11.9 Å². The van der Waals surface area contributed by atoms with Gasteiger partial charge in [-0.15, -0.1) is 0 Å². The summed E-state index contributed by atoms with van der Waals surface area (Å²) in [6.07, 6.45) is -5.68. The van der Waals surface area contributed by atoms with E-state index in [9.17, 15) is 14.2 Å². The minimum Gasteiger partial charge on any atom is -0.386 e. The Morgan fingerprint density at radius 3 is 2.60 bits per heavy atom. The minimum atomic E-state index is -5.17. The molecule has 1 saturated heterocycles. The van der Waals surface area contributed by atoms with Crippen molar-refractivity contribution in [3.8, 4) is 0 Å². The molecule has 4 atom stereocenters. The molecule has 0 saturated carbocycles. The Bertz CT molecular complexity index is 1040. The quantitative estimate of drug-likeness (QED) is 0.133. The molecule has 1 aliphatic rings. The molecular formula is C10H15N8O10P2-. The van der Waals surface area contributed by atoms with Gasteiger partial charge in [0.1, 0.15) is 30.6 Å². The van der Waals surface area contributed by atoms with Crippen LogP contribution in [0.1, 0.15) is 6.23 Å². The number of aliphatic hydroxyl groups is 1. The zero-order valence-corrected chi connectivity index (χ0v) is 16.3. The number of imidazole rings is 1. The lowest BCUT2D eigenvalue weighted by Crippen LogP contribution is -2.36. The van der Waals surface area contributed by atoms with Gasteiger partial charge >= 0.3 is 15.6 Å². The first-order valence-electron chi connectivity index (χ1n) is 7.77. The van der Waals surface area contributed by atoms with Crippen LogP contribution in [0, 0.1) is 0 Å². The van der Waals surface area contributed by atoms with E-state index in [0.29, 0.717) is 0 Å². The van der Waals surface area contributed by atoms with Crippen LogP contribution < -0.4 is 11.2 Å². The van der Waals surface area contributed by atoms with Crippen LogP contribution in [0.15, 0.2) is 11.6 Å². The summed E-state index contributed by atoms with van der Waals surface area (Å²) in [5, 5.41) is 13.3. The number of hydrogen-bond acceptors (Lipinski definition) is 11. The largest absolute Gasteiger partial charge is 0.470 e. The number of anilines is 2. The molecule has 4 unspecified atom stereocenters. The summed E-state index contributed by atoms with van der Waals surface area (Å²) < 4.78 is 37.6. The number of aromatic nitrogens is 4. The molecule has 0 spiro atoms. The Morgan fingerprint density at radius 1 is 1.30 bits per heavy atom. The predicted molar refractivity (Wildman–Crippen MR) is 94.0 cm³/mol. The maximum absolute atomic E-state index is 11.3. The molecule has 2 aromatic rings. The number of phosphoric ester groups is 2. The van der Waals surface area contributed by atoms with E-state index in [1.807, 2.05) is 0 Å². The van der Waals surface area contributed by atoms with Crippen molar-refractivity contribution in [1.82, 2.24) is 19.5 Å². The summed E-state index contributed by atoms with van der Waals surface area (Å²) in [4.78, 5) is 47.7. The first-order valence-corrected chi connectivity index (χ1v) is 10.8. The van der Waals surface area contributed by atoms with Crippen LogP contribution in [0.25, 0.3) is 16.7 Å². The van der Waals surface area contributed by atoms with Crippen LogP contribution in [-0.2, 0) is 22.9 Å². The van der Waals surface area contributed by atoms with Gasteiger partial charge in [-0.3, -0.25) is 18.8 Å². The Hall–Kier alpha value is -2.11. The van der Waals surface area contributed by atoms with E-state index in [1.165, 1.54) is 0 Å². The van der Waals surface area contributed by atoms with Crippen molar-refractivity contribution >= 4 is 38.6 Å². The smallest absolute Gasteiger partial charge is 0.386 e. The van der Waals surface area contributed by atoms with E-state index in [1.54, 1.807) is 0 Å². The molecule has 166 valence electrons. The Kier molecular flexibility index (Phi) is 6.17. The molecule has 18 nitrogen and oxygen atoms in total. The lowest BCUT2D eigenvalue weighted by atomic mass is 10.1. The fourth-order valence-corrected chi connectivity index (χ4v) is 3.74. The van der Waals surface area contributed by atoms with Gasteiger partial charge < -0.3 is 46.1 Å². The fourth-order valence-electron chi connectivity index (χ4n) is 2.82. The van der Waals surface area contributed by atoms with E-state index >= 15 is 0 Å². The fraction of sp³-hybridized carbons (Fsp3) is 0.500. The summed E-state index contributed by atoms with van der Waals surface area (Å²) in [6, 6.07) is 0. The monoisotopic (exact) mass is 469 g/mol. The number of aliphatic hydroxyl groups excluding tert-OH is 1. The van der Waals surface area contributed by atoms with Crippen molar-refractivity contribution in [2.45, 2.75) is 24.5 Å². The average molecular weight is 469 g/mol. The SMILES string of the molecule is [N-]=NNc1nc2c(N)ncnc2n1C1OC(COP(=O)(O)O)C(OP(=O)(O)O)C1O. The van der Waals surface area contributed by atoms with Crippen molar-refractivity contribution < 1.29 is 47.6 Å². The Balaban J connectivity index is 2.04. The van der Waals surface area contributed by atoms with Crippen LogP contribution in [0.4, 0.5) is 11.8 Å². The molecule has 0 aliphatic carbocycles. The molecule has 0 bridgehead atoms. The van der Waals surface area contributed by atoms with Gasteiger partial charge in [0.25, 0.3) is 0 Å². The lowest BCUT2D eigenvalue weighted by molar-refractivity contribution is -0.0492. The van der Waals surface area contributed by atoms with Crippen LogP contribution in [-0.4, -0.2) is 69.1 Å². The highest BCUT2D eigenvalue weighted by molar-refractivity contribution is 7.46. The number of ether oxygens (including phenoxy) is 1. The molecule has 3 heterocycles. The van der Waals surface area contributed by atoms with Gasteiger partial charge in [0, 0.05) is 0 Å².